The van der Waals surface area contributed by atoms with Crippen molar-refractivity contribution in [3.63, 3.8) is 0 Å². The lowest BCUT2D eigenvalue weighted by Crippen LogP contribution is -2.61. The topological polar surface area (TPSA) is 87.7 Å². The fraction of sp³-hybridized carbons (Fsp3) is 0.571. The van der Waals surface area contributed by atoms with E-state index in [4.69, 9.17) is 16.3 Å². The van der Waals surface area contributed by atoms with Gasteiger partial charge in [-0.1, -0.05) is 11.6 Å². The number of rotatable bonds is 0. The smallest absolute Gasteiger partial charge is 0.410 e. The van der Waals surface area contributed by atoms with Crippen LogP contribution in [0.5, 0.6) is 0 Å². The van der Waals surface area contributed by atoms with Gasteiger partial charge >= 0.3 is 6.09 Å². The van der Waals surface area contributed by atoms with Crippen molar-refractivity contribution < 1.29 is 14.3 Å². The van der Waals surface area contributed by atoms with E-state index in [1.165, 1.54) is 0 Å². The maximum absolute atomic E-state index is 12.3. The number of amides is 2. The normalized spacial score (nSPS) is 20.5. The predicted molar refractivity (Wildman–Crippen MR) is 84.6 cm³/mol. The molecule has 9 heteroatoms. The second-order valence-electron chi connectivity index (χ2n) is 6.53. The lowest BCUT2D eigenvalue weighted by molar-refractivity contribution is -0.118. The van der Waals surface area contributed by atoms with Crippen molar-refractivity contribution in [2.75, 3.05) is 29.9 Å². The van der Waals surface area contributed by atoms with Gasteiger partial charge in [0, 0.05) is 19.2 Å². The summed E-state index contributed by atoms with van der Waals surface area (Å²) in [6.07, 6.45) is -0.415. The van der Waals surface area contributed by atoms with Crippen molar-refractivity contribution in [1.29, 1.82) is 0 Å². The monoisotopic (exact) mass is 339 g/mol. The van der Waals surface area contributed by atoms with E-state index in [-0.39, 0.29) is 17.6 Å². The van der Waals surface area contributed by atoms with Crippen LogP contribution in [-0.4, -0.2) is 58.4 Å². The van der Waals surface area contributed by atoms with Gasteiger partial charge in [0.2, 0.25) is 5.91 Å². The van der Waals surface area contributed by atoms with Crippen LogP contribution in [-0.2, 0) is 9.53 Å². The molecule has 2 amide bonds. The van der Waals surface area contributed by atoms with Crippen LogP contribution < -0.4 is 10.2 Å². The Morgan fingerprint density at radius 1 is 1.39 bits per heavy atom. The highest BCUT2D eigenvalue weighted by Crippen LogP contribution is 2.33. The van der Waals surface area contributed by atoms with E-state index in [0.29, 0.717) is 18.9 Å². The van der Waals surface area contributed by atoms with Gasteiger partial charge in [0.25, 0.3) is 0 Å². The third-order valence-electron chi connectivity index (χ3n) is 3.63. The van der Waals surface area contributed by atoms with Gasteiger partial charge in [0.15, 0.2) is 11.0 Å². The number of piperazine rings is 1. The lowest BCUT2D eigenvalue weighted by atomic mass is 10.1. The number of fused-ring (bicyclic) bond motifs is 3. The number of nitrogens with one attached hydrogen (secondary N) is 1. The molecule has 1 aromatic heterocycles. The summed E-state index contributed by atoms with van der Waals surface area (Å²) in [4.78, 5) is 27.9. The number of anilines is 2. The minimum absolute atomic E-state index is 0.220. The highest BCUT2D eigenvalue weighted by molar-refractivity contribution is 6.29. The number of aromatic nitrogens is 2. The van der Waals surface area contributed by atoms with Gasteiger partial charge < -0.3 is 19.9 Å². The SMILES string of the molecule is CC(C)(C)OC(=O)N1CCN2c3cc(Cl)nnc3NC(=O)[C@H]2C1. The van der Waals surface area contributed by atoms with E-state index in [1.54, 1.807) is 11.0 Å². The van der Waals surface area contributed by atoms with E-state index in [2.05, 4.69) is 15.5 Å². The van der Waals surface area contributed by atoms with Crippen LogP contribution in [0, 0.1) is 0 Å². The molecule has 124 valence electrons. The number of ether oxygens (including phenoxy) is 1. The first-order valence-corrected chi connectivity index (χ1v) is 7.71. The van der Waals surface area contributed by atoms with E-state index in [9.17, 15) is 9.59 Å². The Morgan fingerprint density at radius 2 is 2.13 bits per heavy atom. The van der Waals surface area contributed by atoms with E-state index >= 15 is 0 Å². The van der Waals surface area contributed by atoms with Crippen molar-refractivity contribution in [3.8, 4) is 0 Å². The second-order valence-corrected chi connectivity index (χ2v) is 6.91. The number of halogens is 1. The van der Waals surface area contributed by atoms with Crippen LogP contribution in [0.25, 0.3) is 0 Å². The average Bonchev–Trinajstić information content (AvgIpc) is 2.46. The molecule has 23 heavy (non-hydrogen) atoms. The summed E-state index contributed by atoms with van der Waals surface area (Å²) in [5, 5.41) is 10.6. The van der Waals surface area contributed by atoms with Crippen LogP contribution in [0.2, 0.25) is 5.15 Å². The summed E-state index contributed by atoms with van der Waals surface area (Å²) in [6, 6.07) is 1.17. The highest BCUT2D eigenvalue weighted by Gasteiger charge is 2.40. The van der Waals surface area contributed by atoms with Gasteiger partial charge in [0.1, 0.15) is 11.6 Å². The molecule has 1 fully saturated rings. The maximum atomic E-state index is 12.3. The van der Waals surface area contributed by atoms with Crippen LogP contribution in [0.1, 0.15) is 20.8 Å². The fourth-order valence-corrected chi connectivity index (χ4v) is 2.80. The third-order valence-corrected chi connectivity index (χ3v) is 3.81. The molecule has 8 nitrogen and oxygen atoms in total. The molecule has 0 aromatic carbocycles. The average molecular weight is 340 g/mol. The molecule has 0 aliphatic carbocycles. The maximum Gasteiger partial charge on any atom is 0.410 e. The Morgan fingerprint density at radius 3 is 2.83 bits per heavy atom. The molecule has 1 atom stereocenters. The molecule has 0 bridgehead atoms. The van der Waals surface area contributed by atoms with Gasteiger partial charge in [-0.25, -0.2) is 4.79 Å². The Hall–Kier alpha value is -2.09. The van der Waals surface area contributed by atoms with Gasteiger partial charge in [0.05, 0.1) is 12.2 Å². The van der Waals surface area contributed by atoms with Crippen molar-refractivity contribution in [3.05, 3.63) is 11.2 Å². The molecule has 1 N–H and O–H groups in total. The summed E-state index contributed by atoms with van der Waals surface area (Å²) in [7, 11) is 0. The minimum Gasteiger partial charge on any atom is -0.444 e. The third kappa shape index (κ3) is 3.17. The van der Waals surface area contributed by atoms with Gasteiger partial charge in [-0.15, -0.1) is 10.2 Å². The first-order valence-electron chi connectivity index (χ1n) is 7.33. The molecule has 0 radical (unpaired) electrons. The molecular formula is C14H18ClN5O3. The Bertz CT molecular complexity index is 660. The number of carbonyl (C=O) groups excluding carboxylic acids is 2. The van der Waals surface area contributed by atoms with Crippen LogP contribution in [0.4, 0.5) is 16.3 Å². The molecule has 3 rings (SSSR count). The molecule has 3 heterocycles. The van der Waals surface area contributed by atoms with Crippen molar-refractivity contribution in [2.24, 2.45) is 0 Å². The second kappa shape index (κ2) is 5.52. The molecular weight excluding hydrogens is 322 g/mol. The lowest BCUT2D eigenvalue weighted by Gasteiger charge is -2.44. The standard InChI is InChI=1S/C14H18ClN5O3/c1-14(2,3)23-13(22)19-4-5-20-8-6-10(15)17-18-11(8)16-12(21)9(20)7-19/h6,9H,4-5,7H2,1-3H3,(H,16,18,21)/t9-/m1/s1. The summed E-state index contributed by atoms with van der Waals surface area (Å²) < 4.78 is 5.37. The molecule has 2 aliphatic rings. The largest absolute Gasteiger partial charge is 0.444 e. The van der Waals surface area contributed by atoms with Crippen LogP contribution in [0.15, 0.2) is 6.07 Å². The highest BCUT2D eigenvalue weighted by atomic mass is 35.5. The first-order chi connectivity index (χ1) is 10.7. The zero-order valence-electron chi connectivity index (χ0n) is 13.2. The molecule has 1 saturated heterocycles. The van der Waals surface area contributed by atoms with Gasteiger partial charge in [-0.3, -0.25) is 4.79 Å². The van der Waals surface area contributed by atoms with E-state index < -0.39 is 17.7 Å². The minimum atomic E-state index is -0.571. The Labute approximate surface area is 138 Å². The molecule has 0 saturated carbocycles. The van der Waals surface area contributed by atoms with E-state index in [1.807, 2.05) is 25.7 Å². The van der Waals surface area contributed by atoms with Crippen molar-refractivity contribution in [1.82, 2.24) is 15.1 Å². The van der Waals surface area contributed by atoms with Crippen LogP contribution >= 0.6 is 11.6 Å². The Balaban J connectivity index is 1.80. The summed E-state index contributed by atoms with van der Waals surface area (Å²) in [5.74, 6) is 0.170. The van der Waals surface area contributed by atoms with Crippen molar-refractivity contribution >= 4 is 35.1 Å². The summed E-state index contributed by atoms with van der Waals surface area (Å²) in [6.45, 7) is 6.63. The molecule has 0 spiro atoms. The van der Waals surface area contributed by atoms with Gasteiger partial charge in [-0.2, -0.15) is 0 Å². The number of hydrogen-bond acceptors (Lipinski definition) is 6. The number of carbonyl (C=O) groups is 2. The quantitative estimate of drug-likeness (QED) is 0.771. The van der Waals surface area contributed by atoms with Gasteiger partial charge in [-0.05, 0) is 20.8 Å². The summed E-state index contributed by atoms with van der Waals surface area (Å²) >= 11 is 5.90. The molecule has 2 aliphatic heterocycles. The zero-order chi connectivity index (χ0) is 16.8. The fourth-order valence-electron chi connectivity index (χ4n) is 2.65. The summed E-state index contributed by atoms with van der Waals surface area (Å²) in [5.41, 5.74) is 0.150. The Kier molecular flexibility index (Phi) is 3.79. The number of hydrogen-bond donors (Lipinski definition) is 1. The predicted octanol–water partition coefficient (Wildman–Crippen LogP) is 1.51. The van der Waals surface area contributed by atoms with E-state index in [0.717, 1.165) is 5.69 Å². The zero-order valence-corrected chi connectivity index (χ0v) is 13.9. The van der Waals surface area contributed by atoms with Crippen molar-refractivity contribution in [2.45, 2.75) is 32.4 Å². The molecule has 0 unspecified atom stereocenters. The first kappa shape index (κ1) is 15.8. The number of nitrogens with zero attached hydrogens (tertiary/aromatic N) is 4. The molecule has 1 aromatic rings. The van der Waals surface area contributed by atoms with Crippen LogP contribution in [0.3, 0.4) is 0 Å².